The number of nitrogens with one attached hydrogen (secondary N) is 2. The Morgan fingerprint density at radius 2 is 2.17 bits per heavy atom. The molecule has 3 rings (SSSR count). The highest BCUT2D eigenvalue weighted by Crippen LogP contribution is 2.16. The van der Waals surface area contributed by atoms with Crippen molar-refractivity contribution in [2.75, 3.05) is 13.1 Å². The summed E-state index contributed by atoms with van der Waals surface area (Å²) in [6, 6.07) is 8.00. The zero-order chi connectivity index (χ0) is 16.8. The van der Waals surface area contributed by atoms with Crippen molar-refractivity contribution in [2.45, 2.75) is 25.9 Å². The maximum Gasteiger partial charge on any atom is 0.314 e. The number of urea groups is 1. The topological polar surface area (TPSA) is 75.6 Å². The van der Waals surface area contributed by atoms with Crippen molar-refractivity contribution in [2.24, 2.45) is 5.16 Å². The van der Waals surface area contributed by atoms with E-state index in [1.54, 1.807) is 17.5 Å². The third-order valence-corrected chi connectivity index (χ3v) is 4.56. The Bertz CT molecular complexity index is 698. The van der Waals surface area contributed by atoms with Gasteiger partial charge in [0.1, 0.15) is 0 Å². The van der Waals surface area contributed by atoms with Gasteiger partial charge in [-0.1, -0.05) is 35.0 Å². The first-order chi connectivity index (χ1) is 11.7. The van der Waals surface area contributed by atoms with Crippen molar-refractivity contribution in [3.8, 4) is 0 Å². The van der Waals surface area contributed by atoms with Crippen LogP contribution < -0.4 is 10.6 Å². The lowest BCUT2D eigenvalue weighted by Crippen LogP contribution is -2.40. The molecule has 6 nitrogen and oxygen atoms in total. The number of benzene rings is 1. The van der Waals surface area contributed by atoms with Crippen LogP contribution in [0.2, 0.25) is 0 Å². The molecule has 0 aliphatic carbocycles. The van der Waals surface area contributed by atoms with E-state index in [9.17, 15) is 4.79 Å². The van der Waals surface area contributed by atoms with Gasteiger partial charge in [-0.05, 0) is 12.5 Å². The lowest BCUT2D eigenvalue weighted by atomic mass is 10.0. The largest absolute Gasteiger partial charge is 0.390 e. The number of amides is 2. The molecule has 1 aromatic heterocycles. The van der Waals surface area contributed by atoms with E-state index in [1.807, 2.05) is 17.5 Å². The average molecular weight is 344 g/mol. The second kappa shape index (κ2) is 7.92. The molecular formula is C17H20N4O2S. The number of hydrogen-bond acceptors (Lipinski definition) is 5. The molecule has 2 amide bonds. The number of aryl methyl sites for hydroxylation is 1. The molecule has 1 unspecified atom stereocenters. The first-order valence-corrected chi connectivity index (χ1v) is 8.78. The van der Waals surface area contributed by atoms with Gasteiger partial charge in [0.2, 0.25) is 0 Å². The summed E-state index contributed by atoms with van der Waals surface area (Å²) in [5.41, 5.74) is 3.20. The number of carbonyl (C=O) groups is 1. The zero-order valence-corrected chi connectivity index (χ0v) is 14.3. The Hall–Kier alpha value is -2.41. The van der Waals surface area contributed by atoms with Crippen molar-refractivity contribution in [1.82, 2.24) is 15.6 Å². The molecule has 0 saturated heterocycles. The lowest BCUT2D eigenvalue weighted by Gasteiger charge is -2.10. The normalized spacial score (nSPS) is 16.4. The molecule has 1 aromatic carbocycles. The van der Waals surface area contributed by atoms with Crippen molar-refractivity contribution < 1.29 is 9.63 Å². The van der Waals surface area contributed by atoms with Gasteiger partial charge in [0, 0.05) is 31.0 Å². The summed E-state index contributed by atoms with van der Waals surface area (Å²) in [5, 5.41) is 12.7. The van der Waals surface area contributed by atoms with Crippen LogP contribution in [0.25, 0.3) is 0 Å². The minimum absolute atomic E-state index is 0.119. The van der Waals surface area contributed by atoms with Crippen LogP contribution in [0.1, 0.15) is 22.6 Å². The van der Waals surface area contributed by atoms with Gasteiger partial charge in [-0.3, -0.25) is 0 Å². The fourth-order valence-electron chi connectivity index (χ4n) is 2.38. The maximum atomic E-state index is 11.8. The third kappa shape index (κ3) is 4.55. The molecule has 7 heteroatoms. The van der Waals surface area contributed by atoms with Gasteiger partial charge < -0.3 is 15.5 Å². The van der Waals surface area contributed by atoms with Crippen LogP contribution in [0.15, 0.2) is 41.0 Å². The SMILES string of the molecule is Cc1ccc(C2=NOC(CNC(=O)NCCc3nccs3)C2)cc1. The quantitative estimate of drug-likeness (QED) is 0.845. The molecule has 2 aromatic rings. The van der Waals surface area contributed by atoms with E-state index in [4.69, 9.17) is 4.84 Å². The predicted octanol–water partition coefficient (Wildman–Crippen LogP) is 2.49. The Labute approximate surface area is 144 Å². The second-order valence-corrected chi connectivity index (χ2v) is 6.63. The summed E-state index contributed by atoms with van der Waals surface area (Å²) in [6.45, 7) is 3.05. The Morgan fingerprint density at radius 1 is 1.33 bits per heavy atom. The van der Waals surface area contributed by atoms with Crippen LogP contribution in [-0.4, -0.2) is 35.9 Å². The van der Waals surface area contributed by atoms with Gasteiger partial charge in [-0.25, -0.2) is 9.78 Å². The van der Waals surface area contributed by atoms with Crippen LogP contribution in [0, 0.1) is 6.92 Å². The molecule has 2 N–H and O–H groups in total. The zero-order valence-electron chi connectivity index (χ0n) is 13.5. The van der Waals surface area contributed by atoms with E-state index in [-0.39, 0.29) is 12.1 Å². The highest BCUT2D eigenvalue weighted by Gasteiger charge is 2.22. The van der Waals surface area contributed by atoms with Crippen LogP contribution >= 0.6 is 11.3 Å². The third-order valence-electron chi connectivity index (χ3n) is 3.72. The van der Waals surface area contributed by atoms with Gasteiger partial charge >= 0.3 is 6.03 Å². The second-order valence-electron chi connectivity index (χ2n) is 5.65. The maximum absolute atomic E-state index is 11.8. The summed E-state index contributed by atoms with van der Waals surface area (Å²) in [5.74, 6) is 0. The fraction of sp³-hybridized carbons (Fsp3) is 0.353. The van der Waals surface area contributed by atoms with Gasteiger partial charge in [-0.15, -0.1) is 11.3 Å². The summed E-state index contributed by atoms with van der Waals surface area (Å²) in [4.78, 5) is 21.4. The Morgan fingerprint density at radius 3 is 2.92 bits per heavy atom. The standard InChI is InChI=1S/C17H20N4O2S/c1-12-2-4-13(5-3-12)15-10-14(23-21-15)11-20-17(22)19-7-6-16-18-8-9-24-16/h2-5,8-9,14H,6-7,10-11H2,1H3,(H2,19,20,22). The Balaban J connectivity index is 1.35. The van der Waals surface area contributed by atoms with E-state index < -0.39 is 0 Å². The first-order valence-electron chi connectivity index (χ1n) is 7.90. The molecule has 1 aliphatic heterocycles. The van der Waals surface area contributed by atoms with Gasteiger partial charge in [0.25, 0.3) is 0 Å². The first kappa shape index (κ1) is 16.4. The molecule has 2 heterocycles. The molecule has 1 aliphatic rings. The summed E-state index contributed by atoms with van der Waals surface area (Å²) >= 11 is 1.59. The number of aromatic nitrogens is 1. The molecule has 0 bridgehead atoms. The molecule has 1 atom stereocenters. The molecule has 0 fully saturated rings. The van der Waals surface area contributed by atoms with Crippen molar-refractivity contribution >= 4 is 23.1 Å². The highest BCUT2D eigenvalue weighted by molar-refractivity contribution is 7.09. The van der Waals surface area contributed by atoms with Crippen molar-refractivity contribution in [3.63, 3.8) is 0 Å². The monoisotopic (exact) mass is 344 g/mol. The molecular weight excluding hydrogens is 324 g/mol. The van der Waals surface area contributed by atoms with Gasteiger partial charge in [-0.2, -0.15) is 0 Å². The molecule has 24 heavy (non-hydrogen) atoms. The number of hydrogen-bond donors (Lipinski definition) is 2. The van der Waals surface area contributed by atoms with E-state index >= 15 is 0 Å². The molecule has 126 valence electrons. The average Bonchev–Trinajstić information content (AvgIpc) is 3.25. The van der Waals surface area contributed by atoms with E-state index in [2.05, 4.69) is 39.8 Å². The van der Waals surface area contributed by atoms with Crippen LogP contribution in [0.3, 0.4) is 0 Å². The van der Waals surface area contributed by atoms with Crippen LogP contribution in [0.5, 0.6) is 0 Å². The number of oxime groups is 1. The van der Waals surface area contributed by atoms with Gasteiger partial charge in [0.15, 0.2) is 6.10 Å². The van der Waals surface area contributed by atoms with Crippen LogP contribution in [-0.2, 0) is 11.3 Å². The highest BCUT2D eigenvalue weighted by atomic mass is 32.1. The molecule has 0 radical (unpaired) electrons. The minimum Gasteiger partial charge on any atom is -0.390 e. The van der Waals surface area contributed by atoms with Crippen molar-refractivity contribution in [1.29, 1.82) is 0 Å². The van der Waals surface area contributed by atoms with Gasteiger partial charge in [0.05, 0.1) is 17.3 Å². The fourth-order valence-corrected chi connectivity index (χ4v) is 3.00. The summed E-state index contributed by atoms with van der Waals surface area (Å²) in [6.07, 6.45) is 3.09. The van der Waals surface area contributed by atoms with E-state index in [1.165, 1.54) is 5.56 Å². The Kier molecular flexibility index (Phi) is 5.43. The number of rotatable bonds is 6. The summed E-state index contributed by atoms with van der Waals surface area (Å²) < 4.78 is 0. The van der Waals surface area contributed by atoms with Crippen molar-refractivity contribution in [3.05, 3.63) is 52.0 Å². The lowest BCUT2D eigenvalue weighted by molar-refractivity contribution is 0.0865. The van der Waals surface area contributed by atoms with E-state index in [0.29, 0.717) is 19.5 Å². The smallest absolute Gasteiger partial charge is 0.314 e. The summed E-state index contributed by atoms with van der Waals surface area (Å²) in [7, 11) is 0. The minimum atomic E-state index is -0.195. The van der Waals surface area contributed by atoms with Crippen LogP contribution in [0.4, 0.5) is 4.79 Å². The van der Waals surface area contributed by atoms with E-state index in [0.717, 1.165) is 22.7 Å². The number of thiazole rings is 1. The number of carbonyl (C=O) groups excluding carboxylic acids is 1. The number of nitrogens with zero attached hydrogens (tertiary/aromatic N) is 2. The molecule has 0 saturated carbocycles. The predicted molar refractivity (Wildman–Crippen MR) is 94.4 cm³/mol. The molecule has 0 spiro atoms.